The molecule has 0 bridgehead atoms. The summed E-state index contributed by atoms with van der Waals surface area (Å²) in [5, 5.41) is 10.7. The van der Waals surface area contributed by atoms with Crippen LogP contribution in [0.3, 0.4) is 0 Å². The number of esters is 1. The monoisotopic (exact) mass is 326 g/mol. The molecule has 1 aliphatic rings. The maximum atomic E-state index is 12.5. The maximum Gasteiger partial charge on any atom is 0.308 e. The minimum atomic E-state index is -3.69. The number of hydrogen-bond acceptors (Lipinski definition) is 6. The Labute approximate surface area is 128 Å². The quantitative estimate of drug-likeness (QED) is 0.699. The summed E-state index contributed by atoms with van der Waals surface area (Å²) in [6, 6.07) is 4.88. The van der Waals surface area contributed by atoms with Gasteiger partial charge in [-0.05, 0) is 30.5 Å². The van der Waals surface area contributed by atoms with Gasteiger partial charge in [0.05, 0.1) is 23.9 Å². The highest BCUT2D eigenvalue weighted by molar-refractivity contribution is 7.89. The van der Waals surface area contributed by atoms with Crippen molar-refractivity contribution < 1.29 is 27.9 Å². The fraction of sp³-hybridized carbons (Fsp3) is 0.429. The third kappa shape index (κ3) is 3.28. The molecular weight excluding hydrogens is 310 g/mol. The van der Waals surface area contributed by atoms with Gasteiger partial charge in [0.15, 0.2) is 0 Å². The molecule has 1 aliphatic heterocycles. The van der Waals surface area contributed by atoms with Crippen LogP contribution in [0.25, 0.3) is 0 Å². The van der Waals surface area contributed by atoms with Gasteiger partial charge >= 0.3 is 5.97 Å². The van der Waals surface area contributed by atoms with Crippen LogP contribution < -0.4 is 5.11 Å². The van der Waals surface area contributed by atoms with Crippen LogP contribution in [0.4, 0.5) is 0 Å². The average Bonchev–Trinajstić information content (AvgIpc) is 2.54. The van der Waals surface area contributed by atoms with Crippen LogP contribution in [0.1, 0.15) is 23.2 Å². The Balaban J connectivity index is 2.11. The van der Waals surface area contributed by atoms with Crippen molar-refractivity contribution in [3.05, 3.63) is 29.8 Å². The zero-order valence-corrected chi connectivity index (χ0v) is 12.8. The number of nitrogens with zero attached hydrogens (tertiary/aromatic N) is 1. The maximum absolute atomic E-state index is 12.5. The van der Waals surface area contributed by atoms with Crippen molar-refractivity contribution in [3.8, 4) is 0 Å². The second-order valence-corrected chi connectivity index (χ2v) is 6.95. The number of ether oxygens (including phenoxy) is 1. The van der Waals surface area contributed by atoms with Gasteiger partial charge in [-0.25, -0.2) is 8.42 Å². The standard InChI is InChI=1S/C14H17NO6S/c1-21-14(18)11-6-8-15(9-7-11)22(19,20)12-4-2-10(3-5-12)13(16)17/h2-5,11H,6-9H2,1H3,(H,16,17)/p-1. The van der Waals surface area contributed by atoms with Crippen LogP contribution in [-0.4, -0.2) is 44.9 Å². The highest BCUT2D eigenvalue weighted by Crippen LogP contribution is 2.24. The van der Waals surface area contributed by atoms with Gasteiger partial charge in [-0.3, -0.25) is 4.79 Å². The molecular formula is C14H16NO6S-. The number of carboxylic acid groups (broad SMARTS) is 1. The van der Waals surface area contributed by atoms with E-state index in [4.69, 9.17) is 0 Å². The van der Waals surface area contributed by atoms with Gasteiger partial charge in [0, 0.05) is 13.1 Å². The molecule has 0 radical (unpaired) electrons. The number of piperidine rings is 1. The van der Waals surface area contributed by atoms with E-state index in [0.717, 1.165) is 0 Å². The zero-order chi connectivity index (χ0) is 16.3. The lowest BCUT2D eigenvalue weighted by Gasteiger charge is -2.29. The van der Waals surface area contributed by atoms with E-state index in [-0.39, 0.29) is 35.4 Å². The summed E-state index contributed by atoms with van der Waals surface area (Å²) in [4.78, 5) is 22.1. The second-order valence-electron chi connectivity index (χ2n) is 5.01. The van der Waals surface area contributed by atoms with Crippen molar-refractivity contribution in [3.63, 3.8) is 0 Å². The van der Waals surface area contributed by atoms with E-state index in [1.807, 2.05) is 0 Å². The molecule has 0 unspecified atom stereocenters. The summed E-state index contributed by atoms with van der Waals surface area (Å²) in [5.74, 6) is -1.96. The molecule has 0 aromatic heterocycles. The lowest BCUT2D eigenvalue weighted by Crippen LogP contribution is -2.40. The highest BCUT2D eigenvalue weighted by atomic mass is 32.2. The molecule has 1 saturated heterocycles. The Hall–Kier alpha value is -1.93. The molecule has 0 N–H and O–H groups in total. The first-order valence-corrected chi connectivity index (χ1v) is 8.19. The van der Waals surface area contributed by atoms with Gasteiger partial charge < -0.3 is 14.6 Å². The molecule has 120 valence electrons. The largest absolute Gasteiger partial charge is 0.545 e. The summed E-state index contributed by atoms with van der Waals surface area (Å²) < 4.78 is 30.9. The molecule has 0 saturated carbocycles. The van der Waals surface area contributed by atoms with E-state index in [2.05, 4.69) is 4.74 Å². The van der Waals surface area contributed by atoms with Gasteiger partial charge in [0.25, 0.3) is 0 Å². The lowest BCUT2D eigenvalue weighted by atomic mass is 9.99. The number of benzene rings is 1. The lowest BCUT2D eigenvalue weighted by molar-refractivity contribution is -0.255. The molecule has 0 amide bonds. The first-order valence-electron chi connectivity index (χ1n) is 6.75. The molecule has 0 spiro atoms. The van der Waals surface area contributed by atoms with Gasteiger partial charge in [-0.2, -0.15) is 4.31 Å². The molecule has 7 nitrogen and oxygen atoms in total. The van der Waals surface area contributed by atoms with Crippen molar-refractivity contribution in [2.75, 3.05) is 20.2 Å². The molecule has 1 fully saturated rings. The van der Waals surface area contributed by atoms with Crippen molar-refractivity contribution in [1.82, 2.24) is 4.31 Å². The van der Waals surface area contributed by atoms with E-state index < -0.39 is 16.0 Å². The number of sulfonamides is 1. The van der Waals surface area contributed by atoms with Crippen LogP contribution in [0, 0.1) is 5.92 Å². The molecule has 0 aliphatic carbocycles. The number of methoxy groups -OCH3 is 1. The van der Waals surface area contributed by atoms with Gasteiger partial charge in [0.2, 0.25) is 10.0 Å². The van der Waals surface area contributed by atoms with Crippen molar-refractivity contribution >= 4 is 22.0 Å². The van der Waals surface area contributed by atoms with Gasteiger partial charge in [-0.15, -0.1) is 0 Å². The fourth-order valence-electron chi connectivity index (χ4n) is 2.41. The molecule has 8 heteroatoms. The van der Waals surface area contributed by atoms with E-state index >= 15 is 0 Å². The predicted molar refractivity (Wildman–Crippen MR) is 74.3 cm³/mol. The average molecular weight is 326 g/mol. The van der Waals surface area contributed by atoms with Crippen molar-refractivity contribution in [2.45, 2.75) is 17.7 Å². The fourth-order valence-corrected chi connectivity index (χ4v) is 3.88. The summed E-state index contributed by atoms with van der Waals surface area (Å²) in [7, 11) is -2.38. The highest BCUT2D eigenvalue weighted by Gasteiger charge is 2.32. The number of carbonyl (C=O) groups is 2. The Morgan fingerprint density at radius 2 is 1.73 bits per heavy atom. The minimum absolute atomic E-state index is 0.0222. The molecule has 1 heterocycles. The molecule has 22 heavy (non-hydrogen) atoms. The number of rotatable bonds is 4. The number of aromatic carboxylic acids is 1. The van der Waals surface area contributed by atoms with Crippen LogP contribution in [0.5, 0.6) is 0 Å². The van der Waals surface area contributed by atoms with E-state index in [0.29, 0.717) is 12.8 Å². The van der Waals surface area contributed by atoms with E-state index in [9.17, 15) is 23.1 Å². The summed E-state index contributed by atoms with van der Waals surface area (Å²) in [5.41, 5.74) is -0.0802. The van der Waals surface area contributed by atoms with Crippen molar-refractivity contribution in [1.29, 1.82) is 0 Å². The number of hydrogen-bond donors (Lipinski definition) is 0. The normalized spacial score (nSPS) is 17.1. The molecule has 2 rings (SSSR count). The first-order chi connectivity index (χ1) is 10.4. The van der Waals surface area contributed by atoms with E-state index in [1.165, 1.54) is 35.7 Å². The second kappa shape index (κ2) is 6.45. The Morgan fingerprint density at radius 3 is 2.18 bits per heavy atom. The summed E-state index contributed by atoms with van der Waals surface area (Å²) >= 11 is 0. The van der Waals surface area contributed by atoms with Crippen LogP contribution in [-0.2, 0) is 19.6 Å². The number of carbonyl (C=O) groups excluding carboxylic acids is 2. The SMILES string of the molecule is COC(=O)C1CCN(S(=O)(=O)c2ccc(C(=O)[O-])cc2)CC1. The van der Waals surface area contributed by atoms with Crippen molar-refractivity contribution in [2.24, 2.45) is 5.92 Å². The Morgan fingerprint density at radius 1 is 1.18 bits per heavy atom. The molecule has 0 atom stereocenters. The van der Waals surface area contributed by atoms with Crippen LogP contribution >= 0.6 is 0 Å². The topological polar surface area (TPSA) is 104 Å². The predicted octanol–water partition coefficient (Wildman–Crippen LogP) is -0.376. The third-order valence-corrected chi connectivity index (χ3v) is 5.63. The van der Waals surface area contributed by atoms with Crippen LogP contribution in [0.15, 0.2) is 29.2 Å². The third-order valence-electron chi connectivity index (χ3n) is 3.72. The minimum Gasteiger partial charge on any atom is -0.545 e. The molecule has 1 aromatic rings. The van der Waals surface area contributed by atoms with Gasteiger partial charge in [-0.1, -0.05) is 12.1 Å². The Kier molecular flexibility index (Phi) is 4.82. The summed E-state index contributed by atoms with van der Waals surface area (Å²) in [6.45, 7) is 0.453. The first kappa shape index (κ1) is 16.4. The van der Waals surface area contributed by atoms with Crippen LogP contribution in [0.2, 0.25) is 0 Å². The molecule has 1 aromatic carbocycles. The smallest absolute Gasteiger partial charge is 0.308 e. The summed E-state index contributed by atoms with van der Waals surface area (Å²) in [6.07, 6.45) is 0.812. The van der Waals surface area contributed by atoms with E-state index in [1.54, 1.807) is 0 Å². The van der Waals surface area contributed by atoms with Gasteiger partial charge in [0.1, 0.15) is 0 Å². The number of carboxylic acids is 1. The zero-order valence-electron chi connectivity index (χ0n) is 12.0. The Bertz CT molecular complexity index is 659.